The average molecular weight is 404 g/mol. The Morgan fingerprint density at radius 2 is 2.00 bits per heavy atom. The Balaban J connectivity index is 2.28. The van der Waals surface area contributed by atoms with Gasteiger partial charge < -0.3 is 5.32 Å². The van der Waals surface area contributed by atoms with Gasteiger partial charge in [0.25, 0.3) is 5.91 Å². The largest absolute Gasteiger partial charge is 0.321 e. The third-order valence-corrected chi connectivity index (χ3v) is 3.91. The molecule has 2 rings (SSSR count). The maximum Gasteiger partial charge on any atom is 0.256 e. The highest BCUT2D eigenvalue weighted by Gasteiger charge is 2.11. The molecule has 0 radical (unpaired) electrons. The van der Waals surface area contributed by atoms with Crippen molar-refractivity contribution in [1.29, 1.82) is 0 Å². The summed E-state index contributed by atoms with van der Waals surface area (Å²) in [7, 11) is 0. The first-order valence-corrected chi connectivity index (χ1v) is 7.44. The molecule has 0 fully saturated rings. The van der Waals surface area contributed by atoms with Gasteiger partial charge in [0.2, 0.25) is 0 Å². The molecule has 2 nitrogen and oxygen atoms in total. The molecular weight excluding hydrogens is 393 g/mol. The van der Waals surface area contributed by atoms with Gasteiger partial charge >= 0.3 is 0 Å². The fraction of sp³-hybridized carbons (Fsp3) is 0.0714. The molecule has 98 valence electrons. The molecule has 0 bridgehead atoms. The summed E-state index contributed by atoms with van der Waals surface area (Å²) in [6.07, 6.45) is 0. The van der Waals surface area contributed by atoms with Gasteiger partial charge in [-0.3, -0.25) is 4.79 Å². The summed E-state index contributed by atoms with van der Waals surface area (Å²) >= 11 is 12.5. The van der Waals surface area contributed by atoms with Gasteiger partial charge in [0.1, 0.15) is 0 Å². The normalized spacial score (nSPS) is 10.3. The van der Waals surface area contributed by atoms with Crippen molar-refractivity contribution >= 4 is 58.4 Å². The number of hydrogen-bond acceptors (Lipinski definition) is 2. The lowest BCUT2D eigenvalue weighted by Gasteiger charge is -2.10. The fourth-order valence-electron chi connectivity index (χ4n) is 1.64. The van der Waals surface area contributed by atoms with Crippen molar-refractivity contribution in [3.63, 3.8) is 0 Å². The van der Waals surface area contributed by atoms with E-state index < -0.39 is 0 Å². The quantitative estimate of drug-likeness (QED) is 0.548. The van der Waals surface area contributed by atoms with Crippen LogP contribution in [0.3, 0.4) is 0 Å². The lowest BCUT2D eigenvalue weighted by molar-refractivity contribution is 0.102. The van der Waals surface area contributed by atoms with Crippen molar-refractivity contribution in [3.05, 3.63) is 56.1 Å². The van der Waals surface area contributed by atoms with Crippen molar-refractivity contribution in [2.45, 2.75) is 11.8 Å². The van der Waals surface area contributed by atoms with E-state index in [2.05, 4.69) is 40.5 Å². The van der Waals surface area contributed by atoms with E-state index >= 15 is 0 Å². The number of nitrogens with one attached hydrogen (secondary N) is 1. The number of anilines is 1. The summed E-state index contributed by atoms with van der Waals surface area (Å²) in [4.78, 5) is 13.0. The second kappa shape index (κ2) is 6.15. The summed E-state index contributed by atoms with van der Waals surface area (Å²) < 4.78 is 1.02. The van der Waals surface area contributed by atoms with E-state index in [-0.39, 0.29) is 5.91 Å². The average Bonchev–Trinajstić information content (AvgIpc) is 2.35. The van der Waals surface area contributed by atoms with Gasteiger partial charge in [-0.25, -0.2) is 0 Å². The summed E-state index contributed by atoms with van der Waals surface area (Å²) in [5.41, 5.74) is 2.11. The number of halogens is 2. The topological polar surface area (TPSA) is 29.1 Å². The second-order valence-corrected chi connectivity index (χ2v) is 6.25. The Labute approximate surface area is 136 Å². The Kier molecular flexibility index (Phi) is 4.76. The van der Waals surface area contributed by atoms with E-state index in [9.17, 15) is 4.79 Å². The predicted molar refractivity (Wildman–Crippen MR) is 90.6 cm³/mol. The maximum atomic E-state index is 12.2. The van der Waals surface area contributed by atoms with Gasteiger partial charge in [0, 0.05) is 14.0 Å². The van der Waals surface area contributed by atoms with Crippen LogP contribution in [0.25, 0.3) is 0 Å². The van der Waals surface area contributed by atoms with Gasteiger partial charge in [-0.15, -0.1) is 12.6 Å². The summed E-state index contributed by atoms with van der Waals surface area (Å²) in [5.74, 6) is -0.184. The first-order chi connectivity index (χ1) is 8.97. The Morgan fingerprint density at radius 1 is 1.26 bits per heavy atom. The van der Waals surface area contributed by atoms with Crippen LogP contribution < -0.4 is 5.32 Å². The maximum absolute atomic E-state index is 12.2. The SMILES string of the molecule is Cc1ccc(S)cc1C(=O)Nc1ccc(I)cc1Cl. The van der Waals surface area contributed by atoms with Crippen LogP contribution in [-0.4, -0.2) is 5.91 Å². The second-order valence-electron chi connectivity index (χ2n) is 4.08. The van der Waals surface area contributed by atoms with Crippen LogP contribution in [0, 0.1) is 10.5 Å². The number of hydrogen-bond donors (Lipinski definition) is 2. The molecule has 0 aliphatic rings. The molecule has 0 aromatic heterocycles. The van der Waals surface area contributed by atoms with Crippen molar-refractivity contribution in [3.8, 4) is 0 Å². The summed E-state index contributed by atoms with van der Waals surface area (Å²) in [5, 5.41) is 3.34. The van der Waals surface area contributed by atoms with Crippen LogP contribution in [0.1, 0.15) is 15.9 Å². The zero-order valence-electron chi connectivity index (χ0n) is 10.1. The number of thiol groups is 1. The molecule has 1 amide bonds. The van der Waals surface area contributed by atoms with Crippen LogP contribution in [0.5, 0.6) is 0 Å². The number of rotatable bonds is 2. The molecule has 19 heavy (non-hydrogen) atoms. The zero-order chi connectivity index (χ0) is 14.0. The number of aryl methyl sites for hydroxylation is 1. The lowest BCUT2D eigenvalue weighted by atomic mass is 10.1. The molecule has 0 heterocycles. The van der Waals surface area contributed by atoms with Gasteiger partial charge in [0.15, 0.2) is 0 Å². The molecule has 0 saturated carbocycles. The van der Waals surface area contributed by atoms with E-state index in [0.29, 0.717) is 16.3 Å². The first-order valence-electron chi connectivity index (χ1n) is 5.53. The Hall–Kier alpha value is -0.720. The third-order valence-electron chi connectivity index (χ3n) is 2.65. The first kappa shape index (κ1) is 14.7. The minimum absolute atomic E-state index is 0.184. The van der Waals surface area contributed by atoms with Crippen molar-refractivity contribution < 1.29 is 4.79 Å². The van der Waals surface area contributed by atoms with Crippen LogP contribution in [-0.2, 0) is 0 Å². The van der Waals surface area contributed by atoms with E-state index in [1.807, 2.05) is 25.1 Å². The molecule has 1 N–H and O–H groups in total. The monoisotopic (exact) mass is 403 g/mol. The molecule has 0 aliphatic heterocycles. The van der Waals surface area contributed by atoms with Gasteiger partial charge in [-0.1, -0.05) is 17.7 Å². The van der Waals surface area contributed by atoms with Gasteiger partial charge in [-0.05, 0) is 65.4 Å². The molecular formula is C14H11ClINOS. The standard InChI is InChI=1S/C14H11ClINOS/c1-8-2-4-10(19)7-11(8)14(18)17-13-5-3-9(16)6-12(13)15/h2-7,19H,1H3,(H,17,18). The molecule has 0 aliphatic carbocycles. The smallest absolute Gasteiger partial charge is 0.256 e. The number of carbonyl (C=O) groups is 1. The highest BCUT2D eigenvalue weighted by Crippen LogP contribution is 2.25. The van der Waals surface area contributed by atoms with Crippen molar-refractivity contribution in [2.75, 3.05) is 5.32 Å². The van der Waals surface area contributed by atoms with Gasteiger partial charge in [-0.2, -0.15) is 0 Å². The highest BCUT2D eigenvalue weighted by molar-refractivity contribution is 14.1. The minimum Gasteiger partial charge on any atom is -0.321 e. The molecule has 2 aromatic carbocycles. The zero-order valence-corrected chi connectivity index (χ0v) is 13.9. The number of carbonyl (C=O) groups excluding carboxylic acids is 1. The van der Waals surface area contributed by atoms with E-state index in [1.54, 1.807) is 18.2 Å². The van der Waals surface area contributed by atoms with E-state index in [4.69, 9.17) is 11.6 Å². The van der Waals surface area contributed by atoms with Crippen LogP contribution in [0.15, 0.2) is 41.3 Å². The molecule has 0 spiro atoms. The molecule has 0 unspecified atom stereocenters. The lowest BCUT2D eigenvalue weighted by Crippen LogP contribution is -2.13. The predicted octanol–water partition coefficient (Wildman–Crippen LogP) is 4.79. The Morgan fingerprint density at radius 3 is 2.68 bits per heavy atom. The summed E-state index contributed by atoms with van der Waals surface area (Å²) in [6.45, 7) is 1.89. The van der Waals surface area contributed by atoms with E-state index in [1.165, 1.54) is 0 Å². The molecule has 0 atom stereocenters. The molecule has 0 saturated heterocycles. The van der Waals surface area contributed by atoms with Crippen LogP contribution >= 0.6 is 46.8 Å². The van der Waals surface area contributed by atoms with E-state index in [0.717, 1.165) is 14.0 Å². The minimum atomic E-state index is -0.184. The molecule has 5 heteroatoms. The van der Waals surface area contributed by atoms with Crippen LogP contribution in [0.4, 0.5) is 5.69 Å². The van der Waals surface area contributed by atoms with Crippen molar-refractivity contribution in [1.82, 2.24) is 0 Å². The summed E-state index contributed by atoms with van der Waals surface area (Å²) in [6, 6.07) is 11.0. The highest BCUT2D eigenvalue weighted by atomic mass is 127. The molecule has 2 aromatic rings. The van der Waals surface area contributed by atoms with Gasteiger partial charge in [0.05, 0.1) is 10.7 Å². The van der Waals surface area contributed by atoms with Crippen molar-refractivity contribution in [2.24, 2.45) is 0 Å². The fourth-order valence-corrected chi connectivity index (χ4v) is 2.74. The van der Waals surface area contributed by atoms with Crippen LogP contribution in [0.2, 0.25) is 5.02 Å². The Bertz CT molecular complexity index is 645. The third kappa shape index (κ3) is 3.64. The number of benzene rings is 2. The number of amides is 1.